The molecular formula is C8H9N5O2. The fourth-order valence-corrected chi connectivity index (χ4v) is 0.940. The van der Waals surface area contributed by atoms with Crippen molar-refractivity contribution in [3.05, 3.63) is 27.9 Å². The molecule has 0 aliphatic carbocycles. The van der Waals surface area contributed by atoms with E-state index in [1.807, 2.05) is 6.07 Å². The first kappa shape index (κ1) is 10.9. The highest BCUT2D eigenvalue weighted by Crippen LogP contribution is 2.17. The van der Waals surface area contributed by atoms with E-state index in [1.165, 1.54) is 6.07 Å². The summed E-state index contributed by atoms with van der Waals surface area (Å²) in [5, 5.41) is 20.8. The van der Waals surface area contributed by atoms with Gasteiger partial charge in [-0.2, -0.15) is 5.26 Å². The van der Waals surface area contributed by atoms with Crippen LogP contribution in [-0.4, -0.2) is 29.0 Å². The number of hydrogen-bond acceptors (Lipinski definition) is 6. The maximum Gasteiger partial charge on any atom is 0.289 e. The molecular weight excluding hydrogens is 198 g/mol. The van der Waals surface area contributed by atoms with Crippen molar-refractivity contribution in [3.8, 4) is 6.07 Å². The molecule has 1 N–H and O–H groups in total. The molecule has 78 valence electrons. The Morgan fingerprint density at radius 3 is 2.80 bits per heavy atom. The van der Waals surface area contributed by atoms with Crippen LogP contribution in [0.15, 0.2) is 12.3 Å². The highest BCUT2D eigenvalue weighted by atomic mass is 16.6. The van der Waals surface area contributed by atoms with Crippen LogP contribution in [-0.2, 0) is 0 Å². The number of nitro groups is 1. The lowest BCUT2D eigenvalue weighted by Crippen LogP contribution is -2.21. The molecule has 0 unspecified atom stereocenters. The molecule has 0 saturated heterocycles. The smallest absolute Gasteiger partial charge is 0.289 e. The Morgan fingerprint density at radius 2 is 2.33 bits per heavy atom. The second kappa shape index (κ2) is 4.34. The fraction of sp³-hybridized carbons (Fsp3) is 0.250. The second-order valence-electron chi connectivity index (χ2n) is 2.96. The van der Waals surface area contributed by atoms with Crippen molar-refractivity contribution in [3.63, 3.8) is 0 Å². The van der Waals surface area contributed by atoms with Gasteiger partial charge >= 0.3 is 0 Å². The van der Waals surface area contributed by atoms with E-state index in [0.717, 1.165) is 6.20 Å². The Labute approximate surface area is 86.1 Å². The predicted molar refractivity (Wildman–Crippen MR) is 52.9 cm³/mol. The molecule has 0 aliphatic heterocycles. The zero-order valence-electron chi connectivity index (χ0n) is 8.26. The maximum atomic E-state index is 10.4. The number of nitrogens with one attached hydrogen (secondary N) is 1. The topological polar surface area (TPSA) is 95.1 Å². The van der Waals surface area contributed by atoms with E-state index in [4.69, 9.17) is 5.26 Å². The van der Waals surface area contributed by atoms with Crippen LogP contribution >= 0.6 is 0 Å². The van der Waals surface area contributed by atoms with E-state index < -0.39 is 4.92 Å². The van der Waals surface area contributed by atoms with Crippen LogP contribution in [0.25, 0.3) is 0 Å². The lowest BCUT2D eigenvalue weighted by molar-refractivity contribution is -0.385. The standard InChI is InChI=1S/C8H9N5O2/c1-12(2)11-8-6(4-9)3-7(5-10-8)13(14)15/h3,5H,1-2H3,(H,10,11). The van der Waals surface area contributed by atoms with Gasteiger partial charge in [0, 0.05) is 20.2 Å². The van der Waals surface area contributed by atoms with Gasteiger partial charge in [0.2, 0.25) is 0 Å². The number of aromatic nitrogens is 1. The summed E-state index contributed by atoms with van der Waals surface area (Å²) in [6.07, 6.45) is 1.10. The summed E-state index contributed by atoms with van der Waals surface area (Å²) >= 11 is 0. The molecule has 0 atom stereocenters. The molecule has 0 aromatic carbocycles. The number of pyridine rings is 1. The van der Waals surface area contributed by atoms with Crippen molar-refractivity contribution in [1.29, 1.82) is 5.26 Å². The summed E-state index contributed by atoms with van der Waals surface area (Å²) in [5.41, 5.74) is 2.71. The van der Waals surface area contributed by atoms with Gasteiger partial charge in [-0.15, -0.1) is 0 Å². The minimum Gasteiger partial charge on any atom is -0.303 e. The van der Waals surface area contributed by atoms with E-state index in [9.17, 15) is 10.1 Å². The first-order chi connectivity index (χ1) is 7.04. The number of hydrogen-bond donors (Lipinski definition) is 1. The Kier molecular flexibility index (Phi) is 3.15. The summed E-state index contributed by atoms with van der Waals surface area (Å²) in [6.45, 7) is 0. The molecule has 0 aliphatic rings. The minimum absolute atomic E-state index is 0.137. The third-order valence-electron chi connectivity index (χ3n) is 1.53. The molecule has 0 bridgehead atoms. The lowest BCUT2D eigenvalue weighted by Gasteiger charge is -2.12. The fourth-order valence-electron chi connectivity index (χ4n) is 0.940. The van der Waals surface area contributed by atoms with Crippen LogP contribution < -0.4 is 5.43 Å². The number of hydrazine groups is 1. The molecule has 0 fully saturated rings. The molecule has 0 saturated carbocycles. The minimum atomic E-state index is -0.590. The number of rotatable bonds is 3. The average Bonchev–Trinajstić information content (AvgIpc) is 2.17. The van der Waals surface area contributed by atoms with Gasteiger partial charge in [0.15, 0.2) is 5.82 Å². The van der Waals surface area contributed by atoms with E-state index in [0.29, 0.717) is 5.82 Å². The summed E-state index contributed by atoms with van der Waals surface area (Å²) < 4.78 is 0. The van der Waals surface area contributed by atoms with E-state index >= 15 is 0 Å². The van der Waals surface area contributed by atoms with Crippen molar-refractivity contribution >= 4 is 11.5 Å². The zero-order chi connectivity index (χ0) is 11.4. The Balaban J connectivity index is 3.11. The largest absolute Gasteiger partial charge is 0.303 e. The van der Waals surface area contributed by atoms with Crippen molar-refractivity contribution in [1.82, 2.24) is 9.99 Å². The molecule has 0 spiro atoms. The van der Waals surface area contributed by atoms with Gasteiger partial charge < -0.3 is 5.43 Å². The van der Waals surface area contributed by atoms with Crippen LogP contribution in [0.3, 0.4) is 0 Å². The summed E-state index contributed by atoms with van der Waals surface area (Å²) in [5.74, 6) is 0.299. The van der Waals surface area contributed by atoms with Crippen molar-refractivity contribution in [2.45, 2.75) is 0 Å². The first-order valence-corrected chi connectivity index (χ1v) is 4.03. The van der Waals surface area contributed by atoms with Gasteiger partial charge in [-0.05, 0) is 0 Å². The number of anilines is 1. The molecule has 1 aromatic rings. The lowest BCUT2D eigenvalue weighted by atomic mass is 10.2. The summed E-state index contributed by atoms with van der Waals surface area (Å²) in [4.78, 5) is 13.6. The molecule has 0 amide bonds. The van der Waals surface area contributed by atoms with Crippen LogP contribution in [0.5, 0.6) is 0 Å². The van der Waals surface area contributed by atoms with Crippen LogP contribution in [0.1, 0.15) is 5.56 Å². The van der Waals surface area contributed by atoms with Gasteiger partial charge in [-0.3, -0.25) is 10.1 Å². The second-order valence-corrected chi connectivity index (χ2v) is 2.96. The van der Waals surface area contributed by atoms with Gasteiger partial charge in [0.05, 0.1) is 4.92 Å². The highest BCUT2D eigenvalue weighted by molar-refractivity contribution is 5.54. The van der Waals surface area contributed by atoms with Crippen LogP contribution in [0, 0.1) is 21.4 Å². The van der Waals surface area contributed by atoms with Gasteiger partial charge in [-0.25, -0.2) is 9.99 Å². The average molecular weight is 207 g/mol. The quantitative estimate of drug-likeness (QED) is 0.580. The van der Waals surface area contributed by atoms with E-state index in [2.05, 4.69) is 10.4 Å². The van der Waals surface area contributed by atoms with Gasteiger partial charge in [-0.1, -0.05) is 0 Å². The monoisotopic (exact) mass is 207 g/mol. The van der Waals surface area contributed by atoms with E-state index in [-0.39, 0.29) is 11.3 Å². The Bertz CT molecular complexity index is 424. The summed E-state index contributed by atoms with van der Waals surface area (Å²) in [6, 6.07) is 3.02. The van der Waals surface area contributed by atoms with Crippen molar-refractivity contribution in [2.24, 2.45) is 0 Å². The summed E-state index contributed by atoms with van der Waals surface area (Å²) in [7, 11) is 3.45. The zero-order valence-corrected chi connectivity index (χ0v) is 8.26. The maximum absolute atomic E-state index is 10.4. The number of nitrogens with zero attached hydrogens (tertiary/aromatic N) is 4. The molecule has 7 nitrogen and oxygen atoms in total. The predicted octanol–water partition coefficient (Wildman–Crippen LogP) is 0.750. The number of nitriles is 1. The van der Waals surface area contributed by atoms with E-state index in [1.54, 1.807) is 19.1 Å². The van der Waals surface area contributed by atoms with Gasteiger partial charge in [0.25, 0.3) is 5.69 Å². The molecule has 1 rings (SSSR count). The Hall–Kier alpha value is -2.20. The van der Waals surface area contributed by atoms with Crippen LogP contribution in [0.4, 0.5) is 11.5 Å². The normalized spacial score (nSPS) is 9.73. The van der Waals surface area contributed by atoms with Crippen molar-refractivity contribution < 1.29 is 4.92 Å². The molecule has 15 heavy (non-hydrogen) atoms. The molecule has 0 radical (unpaired) electrons. The SMILES string of the molecule is CN(C)Nc1ncc([N+](=O)[O-])cc1C#N. The molecule has 1 aromatic heterocycles. The first-order valence-electron chi connectivity index (χ1n) is 4.03. The third kappa shape index (κ3) is 2.62. The third-order valence-corrected chi connectivity index (χ3v) is 1.53. The van der Waals surface area contributed by atoms with Crippen LogP contribution in [0.2, 0.25) is 0 Å². The van der Waals surface area contributed by atoms with Crippen molar-refractivity contribution in [2.75, 3.05) is 19.5 Å². The highest BCUT2D eigenvalue weighted by Gasteiger charge is 2.11. The Morgan fingerprint density at radius 1 is 1.67 bits per heavy atom. The molecule has 1 heterocycles. The molecule has 7 heteroatoms. The van der Waals surface area contributed by atoms with Gasteiger partial charge in [0.1, 0.15) is 17.8 Å².